The summed E-state index contributed by atoms with van der Waals surface area (Å²) in [5.74, 6) is 0.922. The highest BCUT2D eigenvalue weighted by Crippen LogP contribution is 2.24. The maximum atomic E-state index is 13.2. The fourth-order valence-electron chi connectivity index (χ4n) is 3.34. The number of ketones is 1. The number of carbonyl (C=O) groups is 1. The van der Waals surface area contributed by atoms with Gasteiger partial charge < -0.3 is 18.7 Å². The Bertz CT molecular complexity index is 1450. The maximum Gasteiger partial charge on any atom is 0.276 e. The molecular formula is C23H17ClN4O4S. The molecule has 0 atom stereocenters. The Morgan fingerprint density at radius 3 is 2.67 bits per heavy atom. The molecule has 0 aromatic carbocycles. The van der Waals surface area contributed by atoms with E-state index in [2.05, 4.69) is 10.4 Å². The number of furan rings is 2. The van der Waals surface area contributed by atoms with Crippen LogP contribution in [-0.4, -0.2) is 20.1 Å². The third-order valence-electron chi connectivity index (χ3n) is 4.89. The summed E-state index contributed by atoms with van der Waals surface area (Å²) in [7, 11) is 0. The molecular weight excluding hydrogens is 464 g/mol. The zero-order chi connectivity index (χ0) is 22.8. The van der Waals surface area contributed by atoms with Gasteiger partial charge in [0.05, 0.1) is 30.0 Å². The van der Waals surface area contributed by atoms with Crippen molar-refractivity contribution in [2.75, 3.05) is 5.32 Å². The predicted molar refractivity (Wildman–Crippen MR) is 124 cm³/mol. The van der Waals surface area contributed by atoms with Crippen LogP contribution in [0.15, 0.2) is 86.9 Å². The predicted octanol–water partition coefficient (Wildman–Crippen LogP) is 4.83. The molecule has 0 fully saturated rings. The molecule has 10 heteroatoms. The molecule has 0 bridgehead atoms. The topological polar surface area (TPSA) is 95.2 Å². The van der Waals surface area contributed by atoms with Crippen molar-refractivity contribution >= 4 is 34.5 Å². The first-order valence-corrected chi connectivity index (χ1v) is 11.2. The fourth-order valence-corrected chi connectivity index (χ4v) is 4.37. The molecule has 166 valence electrons. The van der Waals surface area contributed by atoms with Crippen LogP contribution < -0.4 is 10.9 Å². The lowest BCUT2D eigenvalue weighted by Crippen LogP contribution is -2.25. The van der Waals surface area contributed by atoms with E-state index in [9.17, 15) is 9.59 Å². The van der Waals surface area contributed by atoms with Crippen molar-refractivity contribution in [2.24, 2.45) is 0 Å². The van der Waals surface area contributed by atoms with Gasteiger partial charge in [0.15, 0.2) is 5.76 Å². The van der Waals surface area contributed by atoms with Gasteiger partial charge in [-0.3, -0.25) is 9.59 Å². The number of halogens is 1. The molecule has 33 heavy (non-hydrogen) atoms. The maximum absolute atomic E-state index is 13.2. The van der Waals surface area contributed by atoms with E-state index in [4.69, 9.17) is 20.4 Å². The number of nitrogens with zero attached hydrogens (tertiary/aromatic N) is 3. The lowest BCUT2D eigenvalue weighted by Gasteiger charge is -2.10. The van der Waals surface area contributed by atoms with Crippen LogP contribution in [-0.2, 0) is 13.1 Å². The second-order valence-electron chi connectivity index (χ2n) is 7.10. The van der Waals surface area contributed by atoms with Gasteiger partial charge in [-0.15, -0.1) is 11.3 Å². The normalized spacial score (nSPS) is 11.1. The van der Waals surface area contributed by atoms with E-state index in [1.807, 2.05) is 12.1 Å². The minimum Gasteiger partial charge on any atom is -0.467 e. The van der Waals surface area contributed by atoms with Crippen molar-refractivity contribution in [3.8, 4) is 5.69 Å². The number of hydrogen-bond donors (Lipinski definition) is 1. The molecule has 0 spiro atoms. The SMILES string of the molecule is O=C(c1cc(NCc2ccc(Cl)s2)n(-c2cccn(Cc3ccco3)c2=O)n1)c1ccco1. The summed E-state index contributed by atoms with van der Waals surface area (Å²) in [4.78, 5) is 27.1. The monoisotopic (exact) mass is 480 g/mol. The fraction of sp³-hybridized carbons (Fsp3) is 0.0870. The van der Waals surface area contributed by atoms with Crippen molar-refractivity contribution in [1.82, 2.24) is 14.3 Å². The Hall–Kier alpha value is -3.82. The van der Waals surface area contributed by atoms with Crippen LogP contribution in [0.5, 0.6) is 0 Å². The standard InChI is InChI=1S/C23H17ClN4O4S/c24-20-8-7-16(33-20)13-25-21-12-17(22(29)19-6-3-11-32-19)26-28(21)18-5-1-9-27(23(18)30)14-15-4-2-10-31-15/h1-12,25H,13-14H2. The average Bonchev–Trinajstić information content (AvgIpc) is 3.61. The molecule has 5 aromatic rings. The van der Waals surface area contributed by atoms with Crippen LogP contribution in [0, 0.1) is 0 Å². The molecule has 0 radical (unpaired) electrons. The van der Waals surface area contributed by atoms with Crippen LogP contribution in [0.2, 0.25) is 4.34 Å². The van der Waals surface area contributed by atoms with Gasteiger partial charge in [0.1, 0.15) is 23.0 Å². The first-order valence-electron chi connectivity index (χ1n) is 9.97. The van der Waals surface area contributed by atoms with Gasteiger partial charge in [-0.1, -0.05) is 11.6 Å². The molecule has 0 saturated carbocycles. The molecule has 1 N–H and O–H groups in total. The minimum absolute atomic E-state index is 0.150. The number of rotatable bonds is 8. The molecule has 0 unspecified atom stereocenters. The van der Waals surface area contributed by atoms with Crippen molar-refractivity contribution in [2.45, 2.75) is 13.1 Å². The minimum atomic E-state index is -0.382. The summed E-state index contributed by atoms with van der Waals surface area (Å²) in [6, 6.07) is 15.5. The highest BCUT2D eigenvalue weighted by Gasteiger charge is 2.21. The Morgan fingerprint density at radius 2 is 1.94 bits per heavy atom. The zero-order valence-corrected chi connectivity index (χ0v) is 18.7. The summed E-state index contributed by atoms with van der Waals surface area (Å²) < 4.78 is 14.2. The van der Waals surface area contributed by atoms with Crippen molar-refractivity contribution < 1.29 is 13.6 Å². The summed E-state index contributed by atoms with van der Waals surface area (Å²) in [5, 5.41) is 7.69. The molecule has 5 rings (SSSR count). The Morgan fingerprint density at radius 1 is 1.09 bits per heavy atom. The molecule has 0 aliphatic carbocycles. The van der Waals surface area contributed by atoms with E-state index in [1.54, 1.807) is 54.9 Å². The van der Waals surface area contributed by atoms with E-state index < -0.39 is 0 Å². The van der Waals surface area contributed by atoms with Gasteiger partial charge >= 0.3 is 0 Å². The highest BCUT2D eigenvalue weighted by atomic mass is 35.5. The first-order chi connectivity index (χ1) is 16.1. The van der Waals surface area contributed by atoms with Crippen molar-refractivity contribution in [1.29, 1.82) is 0 Å². The summed E-state index contributed by atoms with van der Waals surface area (Å²) in [6.45, 7) is 0.723. The van der Waals surface area contributed by atoms with Gasteiger partial charge in [0, 0.05) is 17.1 Å². The quantitative estimate of drug-likeness (QED) is 0.320. The largest absolute Gasteiger partial charge is 0.467 e. The van der Waals surface area contributed by atoms with Gasteiger partial charge in [-0.25, -0.2) is 4.68 Å². The lowest BCUT2D eigenvalue weighted by molar-refractivity contribution is 0.100. The second-order valence-corrected chi connectivity index (χ2v) is 8.90. The van der Waals surface area contributed by atoms with E-state index in [0.717, 1.165) is 4.88 Å². The first kappa shape index (κ1) is 21.0. The van der Waals surface area contributed by atoms with Crippen LogP contribution in [0.1, 0.15) is 26.9 Å². The molecule has 0 amide bonds. The van der Waals surface area contributed by atoms with Crippen LogP contribution in [0.25, 0.3) is 5.69 Å². The van der Waals surface area contributed by atoms with Gasteiger partial charge in [-0.05, 0) is 48.5 Å². The van der Waals surface area contributed by atoms with E-state index >= 15 is 0 Å². The molecule has 0 aliphatic heterocycles. The Kier molecular flexibility index (Phi) is 5.72. The second kappa shape index (κ2) is 8.97. The molecule has 0 aliphatic rings. The van der Waals surface area contributed by atoms with Gasteiger partial charge in [-0.2, -0.15) is 5.10 Å². The molecule has 8 nitrogen and oxygen atoms in total. The van der Waals surface area contributed by atoms with Crippen LogP contribution >= 0.6 is 22.9 Å². The summed E-state index contributed by atoms with van der Waals surface area (Å²) in [6.07, 6.45) is 4.66. The number of aromatic nitrogens is 3. The third-order valence-corrected chi connectivity index (χ3v) is 6.13. The van der Waals surface area contributed by atoms with Crippen LogP contribution in [0.4, 0.5) is 5.82 Å². The van der Waals surface area contributed by atoms with E-state index in [-0.39, 0.29) is 35.0 Å². The number of thiophene rings is 1. The smallest absolute Gasteiger partial charge is 0.276 e. The average molecular weight is 481 g/mol. The van der Waals surface area contributed by atoms with Crippen molar-refractivity contribution in [3.05, 3.63) is 110 Å². The Labute approximate surface area is 196 Å². The Balaban J connectivity index is 1.53. The van der Waals surface area contributed by atoms with Crippen molar-refractivity contribution in [3.63, 3.8) is 0 Å². The number of nitrogens with one attached hydrogen (secondary N) is 1. The third kappa shape index (κ3) is 4.41. The van der Waals surface area contributed by atoms with E-state index in [1.165, 1.54) is 26.8 Å². The number of anilines is 1. The lowest BCUT2D eigenvalue weighted by atomic mass is 10.2. The summed E-state index contributed by atoms with van der Waals surface area (Å²) >= 11 is 7.48. The summed E-state index contributed by atoms with van der Waals surface area (Å²) in [5.41, 5.74) is 0.156. The number of hydrogen-bond acceptors (Lipinski definition) is 7. The highest BCUT2D eigenvalue weighted by molar-refractivity contribution is 7.16. The van der Waals surface area contributed by atoms with Gasteiger partial charge in [0.2, 0.25) is 5.78 Å². The van der Waals surface area contributed by atoms with E-state index in [0.29, 0.717) is 22.5 Å². The van der Waals surface area contributed by atoms with Crippen LogP contribution in [0.3, 0.4) is 0 Å². The van der Waals surface area contributed by atoms with Gasteiger partial charge in [0.25, 0.3) is 5.56 Å². The number of carbonyl (C=O) groups excluding carboxylic acids is 1. The molecule has 5 heterocycles. The zero-order valence-electron chi connectivity index (χ0n) is 17.1. The number of pyridine rings is 1. The molecule has 0 saturated heterocycles. The molecule has 5 aromatic heterocycles.